The number of benzene rings is 1. The number of rotatable bonds is 6. The highest BCUT2D eigenvalue weighted by Crippen LogP contribution is 2.31. The first kappa shape index (κ1) is 21.1. The third-order valence-corrected chi connectivity index (χ3v) is 5.87. The van der Waals surface area contributed by atoms with Gasteiger partial charge in [0.2, 0.25) is 5.91 Å². The second-order valence-corrected chi connectivity index (χ2v) is 8.27. The third kappa shape index (κ3) is 4.70. The number of hydrogen-bond donors (Lipinski definition) is 1. The Labute approximate surface area is 172 Å². The predicted molar refractivity (Wildman–Crippen MR) is 109 cm³/mol. The molecule has 152 valence electrons. The minimum Gasteiger partial charge on any atom is -0.325 e. The average Bonchev–Trinajstić information content (AvgIpc) is 3.13. The first-order valence-electron chi connectivity index (χ1n) is 8.44. The van der Waals surface area contributed by atoms with E-state index in [0.29, 0.717) is 15.4 Å². The molecule has 0 aliphatic heterocycles. The van der Waals surface area contributed by atoms with E-state index in [4.69, 9.17) is 0 Å². The standard InChI is InChI=1S/C19H16F3N3O2S2/c1-3-8-25-17(27)14-7-9-28-16(14)24-18(25)29-11(2)15(26)23-13-6-4-5-12(10-13)19(20,21)22/h3-7,9-11H,1,8H2,2H3,(H,23,26). The number of nitrogens with zero attached hydrogens (tertiary/aromatic N) is 2. The number of thiophene rings is 1. The molecule has 0 fully saturated rings. The zero-order chi connectivity index (χ0) is 21.2. The highest BCUT2D eigenvalue weighted by atomic mass is 32.2. The molecule has 0 saturated carbocycles. The lowest BCUT2D eigenvalue weighted by molar-refractivity contribution is -0.137. The van der Waals surface area contributed by atoms with Gasteiger partial charge in [-0.2, -0.15) is 13.2 Å². The van der Waals surface area contributed by atoms with Crippen molar-refractivity contribution in [2.24, 2.45) is 0 Å². The molecule has 0 bridgehead atoms. The quantitative estimate of drug-likeness (QED) is 0.341. The number of amides is 1. The van der Waals surface area contributed by atoms with Crippen LogP contribution in [0, 0.1) is 0 Å². The van der Waals surface area contributed by atoms with Crippen LogP contribution in [0.3, 0.4) is 0 Å². The smallest absolute Gasteiger partial charge is 0.325 e. The fourth-order valence-corrected chi connectivity index (χ4v) is 4.26. The average molecular weight is 439 g/mol. The van der Waals surface area contributed by atoms with Crippen LogP contribution in [0.15, 0.2) is 58.3 Å². The molecule has 10 heteroatoms. The van der Waals surface area contributed by atoms with Gasteiger partial charge in [0, 0.05) is 12.2 Å². The molecule has 2 aromatic heterocycles. The number of carbonyl (C=O) groups is 1. The van der Waals surface area contributed by atoms with Gasteiger partial charge in [-0.3, -0.25) is 14.2 Å². The van der Waals surface area contributed by atoms with E-state index in [0.717, 1.165) is 23.9 Å². The van der Waals surface area contributed by atoms with Gasteiger partial charge in [-0.15, -0.1) is 17.9 Å². The number of allylic oxidation sites excluding steroid dienone is 1. The van der Waals surface area contributed by atoms with Gasteiger partial charge in [0.15, 0.2) is 5.16 Å². The lowest BCUT2D eigenvalue weighted by atomic mass is 10.2. The van der Waals surface area contributed by atoms with E-state index < -0.39 is 22.9 Å². The van der Waals surface area contributed by atoms with Gasteiger partial charge in [0.05, 0.1) is 16.2 Å². The van der Waals surface area contributed by atoms with Crippen molar-refractivity contribution in [1.29, 1.82) is 0 Å². The van der Waals surface area contributed by atoms with E-state index in [9.17, 15) is 22.8 Å². The Morgan fingerprint density at radius 3 is 2.86 bits per heavy atom. The van der Waals surface area contributed by atoms with Crippen LogP contribution >= 0.6 is 23.1 Å². The molecule has 1 atom stereocenters. The Balaban J connectivity index is 1.82. The van der Waals surface area contributed by atoms with Crippen molar-refractivity contribution >= 4 is 44.9 Å². The monoisotopic (exact) mass is 439 g/mol. The number of nitrogens with one attached hydrogen (secondary N) is 1. The van der Waals surface area contributed by atoms with Crippen LogP contribution in [0.1, 0.15) is 12.5 Å². The molecule has 0 radical (unpaired) electrons. The molecule has 1 amide bonds. The van der Waals surface area contributed by atoms with Crippen LogP contribution in [-0.2, 0) is 17.5 Å². The summed E-state index contributed by atoms with van der Waals surface area (Å²) in [5, 5.41) is 4.37. The summed E-state index contributed by atoms with van der Waals surface area (Å²) in [7, 11) is 0. The zero-order valence-electron chi connectivity index (χ0n) is 15.2. The number of anilines is 1. The lowest BCUT2D eigenvalue weighted by Crippen LogP contribution is -2.26. The van der Waals surface area contributed by atoms with Gasteiger partial charge < -0.3 is 5.32 Å². The summed E-state index contributed by atoms with van der Waals surface area (Å²) in [6, 6.07) is 6.10. The van der Waals surface area contributed by atoms with E-state index in [1.165, 1.54) is 28.0 Å². The maximum Gasteiger partial charge on any atom is 0.416 e. The predicted octanol–water partition coefficient (Wildman–Crippen LogP) is 4.78. The summed E-state index contributed by atoms with van der Waals surface area (Å²) in [4.78, 5) is 30.2. The molecule has 0 saturated heterocycles. The molecule has 29 heavy (non-hydrogen) atoms. The molecule has 1 unspecified atom stereocenters. The normalized spacial score (nSPS) is 12.7. The van der Waals surface area contributed by atoms with Crippen LogP contribution in [0.2, 0.25) is 0 Å². The van der Waals surface area contributed by atoms with Crippen LogP contribution < -0.4 is 10.9 Å². The first-order chi connectivity index (χ1) is 13.7. The molecule has 3 rings (SSSR count). The molecule has 5 nitrogen and oxygen atoms in total. The van der Waals surface area contributed by atoms with Crippen molar-refractivity contribution in [2.45, 2.75) is 30.1 Å². The molecule has 0 spiro atoms. The fourth-order valence-electron chi connectivity index (χ4n) is 2.54. The van der Waals surface area contributed by atoms with Crippen molar-refractivity contribution in [3.63, 3.8) is 0 Å². The number of thioether (sulfide) groups is 1. The van der Waals surface area contributed by atoms with E-state index in [-0.39, 0.29) is 17.8 Å². The molecular formula is C19H16F3N3O2S2. The van der Waals surface area contributed by atoms with Crippen LogP contribution in [0.4, 0.5) is 18.9 Å². The largest absolute Gasteiger partial charge is 0.416 e. The van der Waals surface area contributed by atoms with Gasteiger partial charge in [0.25, 0.3) is 5.56 Å². The molecule has 0 aliphatic rings. The Hall–Kier alpha value is -2.59. The molecule has 3 aromatic rings. The van der Waals surface area contributed by atoms with Crippen molar-refractivity contribution in [1.82, 2.24) is 9.55 Å². The maximum atomic E-state index is 12.8. The van der Waals surface area contributed by atoms with Gasteiger partial charge in [-0.25, -0.2) is 4.98 Å². The summed E-state index contributed by atoms with van der Waals surface area (Å²) in [5.74, 6) is -0.500. The topological polar surface area (TPSA) is 64.0 Å². The van der Waals surface area contributed by atoms with Gasteiger partial charge in [0.1, 0.15) is 4.83 Å². The van der Waals surface area contributed by atoms with E-state index >= 15 is 0 Å². The van der Waals surface area contributed by atoms with E-state index in [2.05, 4.69) is 16.9 Å². The second kappa shape index (κ2) is 8.42. The van der Waals surface area contributed by atoms with Crippen molar-refractivity contribution < 1.29 is 18.0 Å². The highest BCUT2D eigenvalue weighted by molar-refractivity contribution is 8.00. The van der Waals surface area contributed by atoms with Crippen LogP contribution in [-0.4, -0.2) is 20.7 Å². The maximum absolute atomic E-state index is 12.8. The van der Waals surface area contributed by atoms with E-state index in [1.54, 1.807) is 24.4 Å². The van der Waals surface area contributed by atoms with Gasteiger partial charge >= 0.3 is 6.18 Å². The molecule has 1 aromatic carbocycles. The Morgan fingerprint density at radius 2 is 2.17 bits per heavy atom. The number of fused-ring (bicyclic) bond motifs is 1. The molecule has 2 heterocycles. The lowest BCUT2D eigenvalue weighted by Gasteiger charge is -2.15. The minimum absolute atomic E-state index is 0.0439. The number of hydrogen-bond acceptors (Lipinski definition) is 5. The molecular weight excluding hydrogens is 423 g/mol. The van der Waals surface area contributed by atoms with Gasteiger partial charge in [-0.1, -0.05) is 23.9 Å². The van der Waals surface area contributed by atoms with E-state index in [1.807, 2.05) is 0 Å². The third-order valence-electron chi connectivity index (χ3n) is 3.97. The number of halogens is 3. The molecule has 1 N–H and O–H groups in total. The number of alkyl halides is 3. The number of carbonyl (C=O) groups excluding carboxylic acids is 1. The molecule has 0 aliphatic carbocycles. The fraction of sp³-hybridized carbons (Fsp3) is 0.211. The SMILES string of the molecule is C=CCn1c(SC(C)C(=O)Nc2cccc(C(F)(F)F)c2)nc2sccc2c1=O. The Bertz CT molecular complexity index is 1120. The zero-order valence-corrected chi connectivity index (χ0v) is 16.8. The number of aromatic nitrogens is 2. The summed E-state index contributed by atoms with van der Waals surface area (Å²) in [6.07, 6.45) is -2.94. The summed E-state index contributed by atoms with van der Waals surface area (Å²) in [6.45, 7) is 5.46. The van der Waals surface area contributed by atoms with Gasteiger partial charge in [-0.05, 0) is 36.6 Å². The Morgan fingerprint density at radius 1 is 1.41 bits per heavy atom. The van der Waals surface area contributed by atoms with Crippen LogP contribution in [0.5, 0.6) is 0 Å². The summed E-state index contributed by atoms with van der Waals surface area (Å²) >= 11 is 2.37. The second-order valence-electron chi connectivity index (χ2n) is 6.07. The summed E-state index contributed by atoms with van der Waals surface area (Å²) in [5.41, 5.74) is -1.04. The van der Waals surface area contributed by atoms with Crippen LogP contribution in [0.25, 0.3) is 10.2 Å². The van der Waals surface area contributed by atoms with Crippen molar-refractivity contribution in [3.8, 4) is 0 Å². The Kier molecular flexibility index (Phi) is 6.13. The first-order valence-corrected chi connectivity index (χ1v) is 10.2. The summed E-state index contributed by atoms with van der Waals surface area (Å²) < 4.78 is 39.9. The highest BCUT2D eigenvalue weighted by Gasteiger charge is 2.30. The van der Waals surface area contributed by atoms with Crippen molar-refractivity contribution in [2.75, 3.05) is 5.32 Å². The van der Waals surface area contributed by atoms with Crippen molar-refractivity contribution in [3.05, 3.63) is 64.3 Å². The minimum atomic E-state index is -4.50.